The van der Waals surface area contributed by atoms with E-state index in [1.807, 2.05) is 36.4 Å². The molecule has 0 saturated heterocycles. The normalized spacial score (nSPS) is 31.5. The lowest BCUT2D eigenvalue weighted by molar-refractivity contribution is -0.141. The summed E-state index contributed by atoms with van der Waals surface area (Å²) < 4.78 is 5.62. The first kappa shape index (κ1) is 15.1. The number of hydrogen-bond acceptors (Lipinski definition) is 2. The highest BCUT2D eigenvalue weighted by Gasteiger charge is 2.69. The second-order valence-electron chi connectivity index (χ2n) is 6.49. The summed E-state index contributed by atoms with van der Waals surface area (Å²) in [4.78, 5) is 13.5. The highest BCUT2D eigenvalue weighted by Crippen LogP contribution is 2.62. The molecule has 0 spiro atoms. The Hall–Kier alpha value is -1.45. The smallest absolute Gasteiger partial charge is 0.151 e. The maximum atomic E-state index is 13.3. The average Bonchev–Trinajstić information content (AvgIpc) is 2.91. The second kappa shape index (κ2) is 5.57. The first-order valence-corrected chi connectivity index (χ1v) is 8.95. The predicted molar refractivity (Wildman–Crippen MR) is 93.8 cm³/mol. The summed E-state index contributed by atoms with van der Waals surface area (Å²) in [6.45, 7) is 0. The Morgan fingerprint density at radius 1 is 1.00 bits per heavy atom. The fourth-order valence-corrected chi connectivity index (χ4v) is 5.81. The van der Waals surface area contributed by atoms with Crippen LogP contribution in [0.2, 0.25) is 0 Å². The molecule has 0 radical (unpaired) electrons. The number of halogens is 1. The van der Waals surface area contributed by atoms with Gasteiger partial charge in [-0.1, -0.05) is 76.6 Å². The van der Waals surface area contributed by atoms with Gasteiger partial charge in [-0.15, -0.1) is 0 Å². The third kappa shape index (κ3) is 1.93. The Balaban J connectivity index is 1.90. The summed E-state index contributed by atoms with van der Waals surface area (Å²) in [5, 5.41) is 0. The van der Waals surface area contributed by atoms with Gasteiger partial charge in [0.2, 0.25) is 0 Å². The van der Waals surface area contributed by atoms with Crippen molar-refractivity contribution in [3.8, 4) is 0 Å². The van der Waals surface area contributed by atoms with Gasteiger partial charge in [0, 0.05) is 23.8 Å². The Labute approximate surface area is 145 Å². The number of rotatable bonds is 3. The zero-order valence-corrected chi connectivity index (χ0v) is 14.6. The van der Waals surface area contributed by atoms with Crippen LogP contribution in [0.25, 0.3) is 0 Å². The number of ether oxygens (including phenoxy) is 1. The van der Waals surface area contributed by atoms with Crippen molar-refractivity contribution in [2.24, 2.45) is 11.8 Å². The first-order chi connectivity index (χ1) is 11.2. The van der Waals surface area contributed by atoms with E-state index in [1.54, 1.807) is 7.11 Å². The number of methoxy groups -OCH3 is 1. The minimum atomic E-state index is -0.547. The van der Waals surface area contributed by atoms with Gasteiger partial charge < -0.3 is 4.74 Å². The molecule has 2 nitrogen and oxygen atoms in total. The molecule has 3 heteroatoms. The van der Waals surface area contributed by atoms with Crippen LogP contribution in [0.5, 0.6) is 0 Å². The molecule has 4 atom stereocenters. The number of carbonyl (C=O) groups is 1. The zero-order chi connectivity index (χ0) is 16.0. The molecule has 4 rings (SSSR count). The molecule has 2 aromatic carbocycles. The molecule has 0 heterocycles. The fourth-order valence-electron chi connectivity index (χ4n) is 4.62. The van der Waals surface area contributed by atoms with E-state index in [0.29, 0.717) is 5.78 Å². The van der Waals surface area contributed by atoms with E-state index < -0.39 is 5.41 Å². The summed E-state index contributed by atoms with van der Waals surface area (Å²) in [6.07, 6.45) is 0.917. The van der Waals surface area contributed by atoms with Crippen LogP contribution >= 0.6 is 15.9 Å². The quantitative estimate of drug-likeness (QED) is 0.764. The monoisotopic (exact) mass is 370 g/mol. The van der Waals surface area contributed by atoms with E-state index in [-0.39, 0.29) is 22.8 Å². The third-order valence-electron chi connectivity index (χ3n) is 5.60. The number of carbonyl (C=O) groups excluding carboxylic acids is 1. The van der Waals surface area contributed by atoms with Gasteiger partial charge in [-0.05, 0) is 17.5 Å². The van der Waals surface area contributed by atoms with Gasteiger partial charge in [-0.3, -0.25) is 4.79 Å². The number of benzene rings is 2. The highest BCUT2D eigenvalue weighted by molar-refractivity contribution is 9.09. The van der Waals surface area contributed by atoms with Crippen molar-refractivity contribution < 1.29 is 9.53 Å². The van der Waals surface area contributed by atoms with E-state index in [2.05, 4.69) is 40.2 Å². The van der Waals surface area contributed by atoms with Crippen molar-refractivity contribution in [1.29, 1.82) is 0 Å². The minimum Gasteiger partial charge on any atom is -0.380 e. The van der Waals surface area contributed by atoms with E-state index in [9.17, 15) is 4.79 Å². The second-order valence-corrected chi connectivity index (χ2v) is 7.55. The lowest BCUT2D eigenvalue weighted by atomic mass is 9.48. The Morgan fingerprint density at radius 3 is 2.00 bits per heavy atom. The van der Waals surface area contributed by atoms with Crippen molar-refractivity contribution in [3.05, 3.63) is 71.8 Å². The van der Waals surface area contributed by atoms with Crippen molar-refractivity contribution in [1.82, 2.24) is 0 Å². The molecule has 0 unspecified atom stereocenters. The summed E-state index contributed by atoms with van der Waals surface area (Å²) in [5.41, 5.74) is 1.64. The van der Waals surface area contributed by atoms with Crippen LogP contribution in [0.3, 0.4) is 0 Å². The average molecular weight is 371 g/mol. The summed E-state index contributed by atoms with van der Waals surface area (Å²) in [6, 6.07) is 20.4. The zero-order valence-electron chi connectivity index (χ0n) is 13.0. The van der Waals surface area contributed by atoms with Crippen molar-refractivity contribution in [2.45, 2.75) is 22.8 Å². The third-order valence-corrected chi connectivity index (χ3v) is 6.76. The summed E-state index contributed by atoms with van der Waals surface area (Å²) in [5.74, 6) is 0.665. The Bertz CT molecular complexity index is 673. The number of alkyl halides is 1. The van der Waals surface area contributed by atoms with Gasteiger partial charge in [0.25, 0.3) is 0 Å². The van der Waals surface area contributed by atoms with Crippen LogP contribution in [-0.2, 0) is 14.9 Å². The minimum absolute atomic E-state index is 0.0877. The number of hydrogen-bond donors (Lipinski definition) is 0. The SMILES string of the molecule is CO[C@@H]1C[C@H]2C(=O)C(c3ccccc3)(c3ccccc3)[C@@H]2[C@@H]1Br. The van der Waals surface area contributed by atoms with Gasteiger partial charge in [0.1, 0.15) is 0 Å². The molecule has 2 aliphatic carbocycles. The van der Waals surface area contributed by atoms with Crippen LogP contribution in [0, 0.1) is 11.8 Å². The first-order valence-electron chi connectivity index (χ1n) is 8.03. The molecular weight excluding hydrogens is 352 g/mol. The van der Waals surface area contributed by atoms with Crippen LogP contribution in [-0.4, -0.2) is 23.8 Å². The molecule has 118 valence electrons. The van der Waals surface area contributed by atoms with Crippen molar-refractivity contribution >= 4 is 21.7 Å². The molecule has 2 aromatic rings. The van der Waals surface area contributed by atoms with Crippen molar-refractivity contribution in [3.63, 3.8) is 0 Å². The molecule has 0 bridgehead atoms. The van der Waals surface area contributed by atoms with E-state index in [0.717, 1.165) is 17.5 Å². The van der Waals surface area contributed by atoms with Crippen LogP contribution in [0.1, 0.15) is 17.5 Å². The molecule has 0 aliphatic heterocycles. The molecule has 0 amide bonds. The van der Waals surface area contributed by atoms with E-state index in [4.69, 9.17) is 4.74 Å². The van der Waals surface area contributed by atoms with Crippen LogP contribution < -0.4 is 0 Å². The number of fused-ring (bicyclic) bond motifs is 1. The topological polar surface area (TPSA) is 26.3 Å². The standard InChI is InChI=1S/C20H19BrO2/c1-23-16-12-15-17(18(16)21)20(19(15)22,13-8-4-2-5-9-13)14-10-6-3-7-11-14/h2-11,15-18H,12H2,1H3/t15-,16-,17+,18-/m1/s1. The summed E-state index contributed by atoms with van der Waals surface area (Å²) >= 11 is 3.84. The van der Waals surface area contributed by atoms with Gasteiger partial charge in [0.15, 0.2) is 5.78 Å². The molecule has 0 aromatic heterocycles. The Kier molecular flexibility index (Phi) is 3.66. The van der Waals surface area contributed by atoms with Crippen LogP contribution in [0.15, 0.2) is 60.7 Å². The fraction of sp³-hybridized carbons (Fsp3) is 0.350. The largest absolute Gasteiger partial charge is 0.380 e. The maximum absolute atomic E-state index is 13.3. The molecule has 2 saturated carbocycles. The van der Waals surface area contributed by atoms with Gasteiger partial charge >= 0.3 is 0 Å². The van der Waals surface area contributed by atoms with Gasteiger partial charge in [-0.25, -0.2) is 0 Å². The van der Waals surface area contributed by atoms with Crippen LogP contribution in [0.4, 0.5) is 0 Å². The molecule has 0 N–H and O–H groups in total. The maximum Gasteiger partial charge on any atom is 0.151 e. The molecular formula is C20H19BrO2. The molecule has 2 aliphatic rings. The molecule has 23 heavy (non-hydrogen) atoms. The highest BCUT2D eigenvalue weighted by atomic mass is 79.9. The summed E-state index contributed by atoms with van der Waals surface area (Å²) in [7, 11) is 1.74. The number of Topliss-reactive ketones (excluding diaryl/α,β-unsaturated/α-hetero) is 1. The van der Waals surface area contributed by atoms with Gasteiger partial charge in [-0.2, -0.15) is 0 Å². The predicted octanol–water partition coefficient (Wildman–Crippen LogP) is 3.97. The number of ketones is 1. The lowest BCUT2D eigenvalue weighted by Gasteiger charge is -2.52. The molecule has 2 fully saturated rings. The Morgan fingerprint density at radius 2 is 1.52 bits per heavy atom. The van der Waals surface area contributed by atoms with Gasteiger partial charge in [0.05, 0.1) is 11.5 Å². The van der Waals surface area contributed by atoms with Crippen molar-refractivity contribution in [2.75, 3.05) is 7.11 Å². The van der Waals surface area contributed by atoms with E-state index in [1.165, 1.54) is 0 Å². The lowest BCUT2D eigenvalue weighted by Crippen LogP contribution is -2.61. The van der Waals surface area contributed by atoms with E-state index >= 15 is 0 Å².